The van der Waals surface area contributed by atoms with Crippen LogP contribution in [0.2, 0.25) is 0 Å². The number of carbonyl (C=O) groups is 1. The molecule has 0 spiro atoms. The van der Waals surface area contributed by atoms with E-state index in [1.54, 1.807) is 12.1 Å². The average Bonchev–Trinajstić information content (AvgIpc) is 3.03. The molecule has 3 aromatic rings. The third-order valence-electron chi connectivity index (χ3n) is 4.63. The molecule has 0 radical (unpaired) electrons. The summed E-state index contributed by atoms with van der Waals surface area (Å²) in [5, 5.41) is 10.7. The van der Waals surface area contributed by atoms with Crippen molar-refractivity contribution in [1.82, 2.24) is 4.57 Å². The number of aromatic nitrogens is 1. The Kier molecular flexibility index (Phi) is 5.04. The van der Waals surface area contributed by atoms with Gasteiger partial charge in [-0.3, -0.25) is 4.79 Å². The van der Waals surface area contributed by atoms with E-state index in [0.717, 1.165) is 10.9 Å². The highest BCUT2D eigenvalue weighted by Crippen LogP contribution is 2.39. The van der Waals surface area contributed by atoms with Gasteiger partial charge in [0.05, 0.1) is 27.4 Å². The van der Waals surface area contributed by atoms with E-state index in [1.165, 1.54) is 21.3 Å². The zero-order valence-electron chi connectivity index (χ0n) is 15.6. The number of hydrogen-bond acceptors (Lipinski definition) is 5. The van der Waals surface area contributed by atoms with Crippen molar-refractivity contribution in [2.24, 2.45) is 7.05 Å². The lowest BCUT2D eigenvalue weighted by Gasteiger charge is -2.15. The summed E-state index contributed by atoms with van der Waals surface area (Å²) in [4.78, 5) is 13.2. The summed E-state index contributed by atoms with van der Waals surface area (Å²) in [5.74, 6) is -0.148. The van der Waals surface area contributed by atoms with Gasteiger partial charge in [-0.25, -0.2) is 0 Å². The second kappa shape index (κ2) is 7.42. The molecule has 0 saturated heterocycles. The van der Waals surface area contributed by atoms with Crippen LogP contribution in [0, 0.1) is 11.3 Å². The molecule has 6 heteroatoms. The van der Waals surface area contributed by atoms with Crippen molar-refractivity contribution >= 4 is 16.7 Å². The summed E-state index contributed by atoms with van der Waals surface area (Å²) in [6, 6.07) is 14.9. The molecule has 138 valence electrons. The molecule has 1 heterocycles. The quantitative estimate of drug-likeness (QED) is 0.624. The Morgan fingerprint density at radius 1 is 1.04 bits per heavy atom. The molecule has 0 saturated carbocycles. The lowest BCUT2D eigenvalue weighted by molar-refractivity contribution is 0.0976. The fourth-order valence-corrected chi connectivity index (χ4v) is 3.24. The molecule has 1 aromatic heterocycles. The summed E-state index contributed by atoms with van der Waals surface area (Å²) in [6.07, 6.45) is 0. The maximum Gasteiger partial charge on any atom is 0.203 e. The topological polar surface area (TPSA) is 73.5 Å². The van der Waals surface area contributed by atoms with Crippen molar-refractivity contribution in [2.75, 3.05) is 21.3 Å². The molecule has 0 N–H and O–H groups in total. The second-order valence-electron chi connectivity index (χ2n) is 6.03. The number of para-hydroxylation sites is 1. The Morgan fingerprint density at radius 3 is 2.19 bits per heavy atom. The number of benzene rings is 2. The highest BCUT2D eigenvalue weighted by atomic mass is 16.5. The molecular weight excluding hydrogens is 344 g/mol. The predicted molar refractivity (Wildman–Crippen MR) is 102 cm³/mol. The number of rotatable bonds is 6. The van der Waals surface area contributed by atoms with Crippen LogP contribution in [0.4, 0.5) is 0 Å². The molecule has 2 aromatic carbocycles. The number of Topliss-reactive ketones (excluding diaryl/α,β-unsaturated/α-hetero) is 1. The summed E-state index contributed by atoms with van der Waals surface area (Å²) in [6.45, 7) is 0. The summed E-state index contributed by atoms with van der Waals surface area (Å²) in [5.41, 5.74) is 1.92. The van der Waals surface area contributed by atoms with Crippen LogP contribution in [0.25, 0.3) is 10.9 Å². The van der Waals surface area contributed by atoms with Crippen LogP contribution >= 0.6 is 0 Å². The third kappa shape index (κ3) is 3.08. The average molecular weight is 364 g/mol. The van der Waals surface area contributed by atoms with Gasteiger partial charge in [0.15, 0.2) is 17.3 Å². The first-order valence-electron chi connectivity index (χ1n) is 8.33. The van der Waals surface area contributed by atoms with Crippen LogP contribution in [-0.2, 0) is 7.05 Å². The standard InChI is InChI=1S/C21H20N2O4/c1-23-16-8-6-5-7-13(16)9-17(23)15(12-22)20(24)14-10-18(25-2)21(27-4)19(11-14)26-3/h5-11,15H,1-4H3. The molecule has 1 atom stereocenters. The molecule has 27 heavy (non-hydrogen) atoms. The van der Waals surface area contributed by atoms with Gasteiger partial charge in [0.1, 0.15) is 5.92 Å². The van der Waals surface area contributed by atoms with Crippen molar-refractivity contribution < 1.29 is 19.0 Å². The molecule has 0 amide bonds. The van der Waals surface area contributed by atoms with E-state index >= 15 is 0 Å². The monoisotopic (exact) mass is 364 g/mol. The van der Waals surface area contributed by atoms with Crippen molar-refractivity contribution in [3.8, 4) is 23.3 Å². The first kappa shape index (κ1) is 18.3. The van der Waals surface area contributed by atoms with E-state index in [1.807, 2.05) is 41.9 Å². The molecule has 0 aliphatic heterocycles. The van der Waals surface area contributed by atoms with Gasteiger partial charge in [0.25, 0.3) is 0 Å². The summed E-state index contributed by atoms with van der Waals surface area (Å²) >= 11 is 0. The first-order chi connectivity index (χ1) is 13.0. The van der Waals surface area contributed by atoms with Gasteiger partial charge in [-0.15, -0.1) is 0 Å². The highest BCUT2D eigenvalue weighted by molar-refractivity contribution is 6.04. The van der Waals surface area contributed by atoms with Crippen LogP contribution < -0.4 is 14.2 Å². The minimum Gasteiger partial charge on any atom is -0.493 e. The van der Waals surface area contributed by atoms with Crippen LogP contribution in [0.5, 0.6) is 17.2 Å². The predicted octanol–water partition coefficient (Wildman–Crippen LogP) is 3.69. The van der Waals surface area contributed by atoms with Crippen LogP contribution in [-0.4, -0.2) is 31.7 Å². The highest BCUT2D eigenvalue weighted by Gasteiger charge is 2.27. The SMILES string of the molecule is COc1cc(C(=O)C(C#N)c2cc3ccccc3n2C)cc(OC)c1OC. The van der Waals surface area contributed by atoms with Crippen molar-refractivity contribution in [3.63, 3.8) is 0 Å². The minimum absolute atomic E-state index is 0.321. The molecule has 6 nitrogen and oxygen atoms in total. The van der Waals surface area contributed by atoms with E-state index in [4.69, 9.17) is 14.2 Å². The van der Waals surface area contributed by atoms with Gasteiger partial charge in [-0.2, -0.15) is 5.26 Å². The molecule has 1 unspecified atom stereocenters. The number of fused-ring (bicyclic) bond motifs is 1. The fraction of sp³-hybridized carbons (Fsp3) is 0.238. The number of carbonyl (C=O) groups excluding carboxylic acids is 1. The Labute approximate surface area is 157 Å². The zero-order chi connectivity index (χ0) is 19.6. The van der Waals surface area contributed by atoms with E-state index < -0.39 is 5.92 Å². The lowest BCUT2D eigenvalue weighted by Crippen LogP contribution is -2.15. The molecule has 3 rings (SSSR count). The van der Waals surface area contributed by atoms with Gasteiger partial charge in [-0.05, 0) is 29.7 Å². The largest absolute Gasteiger partial charge is 0.493 e. The number of nitriles is 1. The minimum atomic E-state index is -0.954. The van der Waals surface area contributed by atoms with E-state index in [-0.39, 0.29) is 5.78 Å². The van der Waals surface area contributed by atoms with Gasteiger partial charge in [-0.1, -0.05) is 18.2 Å². The van der Waals surface area contributed by atoms with Crippen LogP contribution in [0.3, 0.4) is 0 Å². The van der Waals surface area contributed by atoms with E-state index in [9.17, 15) is 10.1 Å². The zero-order valence-corrected chi connectivity index (χ0v) is 15.6. The van der Waals surface area contributed by atoms with Gasteiger partial charge < -0.3 is 18.8 Å². The smallest absolute Gasteiger partial charge is 0.203 e. The molecule has 0 bridgehead atoms. The van der Waals surface area contributed by atoms with Crippen molar-refractivity contribution in [3.05, 3.63) is 53.7 Å². The number of methoxy groups -OCH3 is 3. The van der Waals surface area contributed by atoms with Crippen molar-refractivity contribution in [2.45, 2.75) is 5.92 Å². The number of ether oxygens (including phenoxy) is 3. The molecular formula is C21H20N2O4. The van der Waals surface area contributed by atoms with Gasteiger partial charge >= 0.3 is 0 Å². The maximum absolute atomic E-state index is 13.2. The normalized spacial score (nSPS) is 11.7. The molecule has 0 fully saturated rings. The summed E-state index contributed by atoms with van der Waals surface area (Å²) < 4.78 is 17.8. The van der Waals surface area contributed by atoms with Gasteiger partial charge in [0, 0.05) is 23.8 Å². The Bertz CT molecular complexity index is 1020. The lowest BCUT2D eigenvalue weighted by atomic mass is 9.95. The van der Waals surface area contributed by atoms with E-state index in [0.29, 0.717) is 28.5 Å². The first-order valence-corrected chi connectivity index (χ1v) is 8.33. The number of hydrogen-bond donors (Lipinski definition) is 0. The number of nitrogens with zero attached hydrogens (tertiary/aromatic N) is 2. The molecule has 0 aliphatic rings. The van der Waals surface area contributed by atoms with Crippen LogP contribution in [0.1, 0.15) is 22.0 Å². The Morgan fingerprint density at radius 2 is 1.67 bits per heavy atom. The summed E-state index contributed by atoms with van der Waals surface area (Å²) in [7, 11) is 6.31. The van der Waals surface area contributed by atoms with E-state index in [2.05, 4.69) is 6.07 Å². The van der Waals surface area contributed by atoms with Crippen LogP contribution in [0.15, 0.2) is 42.5 Å². The second-order valence-corrected chi connectivity index (χ2v) is 6.03. The number of ketones is 1. The molecule has 0 aliphatic carbocycles. The third-order valence-corrected chi connectivity index (χ3v) is 4.63. The van der Waals surface area contributed by atoms with Gasteiger partial charge in [0.2, 0.25) is 5.75 Å². The number of aryl methyl sites for hydroxylation is 1. The maximum atomic E-state index is 13.2. The fourth-order valence-electron chi connectivity index (χ4n) is 3.24. The Hall–Kier alpha value is -3.46. The van der Waals surface area contributed by atoms with Crippen molar-refractivity contribution in [1.29, 1.82) is 5.26 Å². The Balaban J connectivity index is 2.10.